The lowest BCUT2D eigenvalue weighted by Gasteiger charge is -2.12. The summed E-state index contributed by atoms with van der Waals surface area (Å²) in [5.74, 6) is 2.44. The van der Waals surface area contributed by atoms with Crippen LogP contribution in [-0.4, -0.2) is 19.1 Å². The lowest BCUT2D eigenvalue weighted by atomic mass is 10.0. The Morgan fingerprint density at radius 2 is 1.38 bits per heavy atom. The topological polar surface area (TPSA) is 30.8 Å². The van der Waals surface area contributed by atoms with Gasteiger partial charge < -0.3 is 9.47 Å². The number of thioether (sulfide) groups is 1. The Morgan fingerprint density at radius 3 is 2.00 bits per heavy atom. The largest absolute Gasteiger partial charge is 0.497 e. The van der Waals surface area contributed by atoms with Gasteiger partial charge in [0.05, 0.1) is 18.5 Å². The molecule has 0 aliphatic rings. The fraction of sp³-hybridized carbons (Fsp3) is 0.107. The van der Waals surface area contributed by atoms with Gasteiger partial charge in [-0.1, -0.05) is 24.3 Å². The molecule has 0 N–H and O–H groups in total. The third kappa shape index (κ3) is 5.21. The van der Waals surface area contributed by atoms with Crippen molar-refractivity contribution in [3.05, 3.63) is 114 Å². The van der Waals surface area contributed by atoms with Gasteiger partial charge in [-0.3, -0.25) is 0 Å². The Kier molecular flexibility index (Phi) is 6.93. The Bertz CT molecular complexity index is 1210. The molecule has 4 aromatic rings. The fourth-order valence-electron chi connectivity index (χ4n) is 3.38. The van der Waals surface area contributed by atoms with E-state index >= 15 is 0 Å². The molecule has 4 rings (SSSR count). The number of para-hydroxylation sites is 1. The summed E-state index contributed by atoms with van der Waals surface area (Å²) < 4.78 is 11.4. The highest BCUT2D eigenvalue weighted by atomic mass is 32.2. The summed E-state index contributed by atoms with van der Waals surface area (Å²) in [4.78, 5) is 6.20. The van der Waals surface area contributed by atoms with Crippen LogP contribution in [0.2, 0.25) is 0 Å². The Morgan fingerprint density at radius 1 is 0.719 bits per heavy atom. The molecule has 0 radical (unpaired) electrons. The maximum absolute atomic E-state index is 6.02. The van der Waals surface area contributed by atoms with Gasteiger partial charge in [-0.05, 0) is 91.5 Å². The van der Waals surface area contributed by atoms with Crippen molar-refractivity contribution in [2.45, 2.75) is 11.8 Å². The minimum Gasteiger partial charge on any atom is -0.497 e. The van der Waals surface area contributed by atoms with Gasteiger partial charge in [-0.15, -0.1) is 11.8 Å². The lowest BCUT2D eigenvalue weighted by molar-refractivity contribution is 0.415. The van der Waals surface area contributed by atoms with E-state index in [-0.39, 0.29) is 0 Å². The molecule has 0 amide bonds. The number of aryl methyl sites for hydroxylation is 1. The van der Waals surface area contributed by atoms with Crippen molar-refractivity contribution in [2.75, 3.05) is 13.4 Å². The number of hydrogen-bond acceptors (Lipinski definition) is 4. The molecule has 160 valence electrons. The monoisotopic (exact) mass is 439 g/mol. The Labute approximate surface area is 193 Å². The van der Waals surface area contributed by atoms with Crippen LogP contribution in [0.25, 0.3) is 0 Å². The second kappa shape index (κ2) is 10.2. The van der Waals surface area contributed by atoms with Crippen LogP contribution in [0.5, 0.6) is 17.2 Å². The van der Waals surface area contributed by atoms with Crippen LogP contribution in [0.4, 0.5) is 5.69 Å². The summed E-state index contributed by atoms with van der Waals surface area (Å²) in [6.07, 6.45) is 2.07. The van der Waals surface area contributed by atoms with Gasteiger partial charge in [0.2, 0.25) is 0 Å². The van der Waals surface area contributed by atoms with E-state index < -0.39 is 0 Å². The molecule has 0 aromatic heterocycles. The van der Waals surface area contributed by atoms with Crippen molar-refractivity contribution >= 4 is 23.2 Å². The first-order valence-corrected chi connectivity index (χ1v) is 11.6. The minimum atomic E-state index is 0.790. The van der Waals surface area contributed by atoms with Crippen molar-refractivity contribution in [3.63, 3.8) is 0 Å². The molecule has 4 aromatic carbocycles. The number of hydrogen-bond donors (Lipinski definition) is 0. The molecule has 4 heteroatoms. The van der Waals surface area contributed by atoms with Gasteiger partial charge >= 0.3 is 0 Å². The van der Waals surface area contributed by atoms with Crippen LogP contribution < -0.4 is 9.47 Å². The molecular formula is C28H25NO2S. The van der Waals surface area contributed by atoms with E-state index in [1.54, 1.807) is 18.9 Å². The predicted octanol–water partition coefficient (Wildman–Crippen LogP) is 7.69. The highest BCUT2D eigenvalue weighted by Gasteiger charge is 2.10. The minimum absolute atomic E-state index is 0.790. The summed E-state index contributed by atoms with van der Waals surface area (Å²) >= 11 is 1.69. The first-order chi connectivity index (χ1) is 15.7. The zero-order chi connectivity index (χ0) is 22.3. The third-order valence-electron chi connectivity index (χ3n) is 5.03. The zero-order valence-electron chi connectivity index (χ0n) is 18.4. The zero-order valence-corrected chi connectivity index (χ0v) is 19.2. The summed E-state index contributed by atoms with van der Waals surface area (Å²) in [5.41, 5.74) is 5.05. The van der Waals surface area contributed by atoms with E-state index in [1.165, 1.54) is 5.56 Å². The van der Waals surface area contributed by atoms with Crippen molar-refractivity contribution in [2.24, 2.45) is 4.99 Å². The van der Waals surface area contributed by atoms with E-state index in [2.05, 4.69) is 37.4 Å². The van der Waals surface area contributed by atoms with Crippen molar-refractivity contribution in [1.29, 1.82) is 0 Å². The second-order valence-corrected chi connectivity index (χ2v) is 8.15. The van der Waals surface area contributed by atoms with Crippen molar-refractivity contribution in [3.8, 4) is 17.2 Å². The van der Waals surface area contributed by atoms with Crippen LogP contribution in [-0.2, 0) is 0 Å². The predicted molar refractivity (Wildman–Crippen MR) is 134 cm³/mol. The van der Waals surface area contributed by atoms with E-state index in [0.717, 1.165) is 44.7 Å². The van der Waals surface area contributed by atoms with Gasteiger partial charge in [-0.2, -0.15) is 0 Å². The maximum Gasteiger partial charge on any atom is 0.127 e. The summed E-state index contributed by atoms with van der Waals surface area (Å²) in [7, 11) is 1.67. The van der Waals surface area contributed by atoms with Gasteiger partial charge in [0, 0.05) is 16.0 Å². The molecule has 0 atom stereocenters. The third-order valence-corrected chi connectivity index (χ3v) is 5.82. The quantitative estimate of drug-likeness (QED) is 0.218. The molecule has 0 fully saturated rings. The summed E-state index contributed by atoms with van der Waals surface area (Å²) in [6.45, 7) is 2.06. The van der Waals surface area contributed by atoms with Crippen molar-refractivity contribution in [1.82, 2.24) is 0 Å². The Hall–Kier alpha value is -3.50. The fourth-order valence-corrected chi connectivity index (χ4v) is 3.92. The van der Waals surface area contributed by atoms with Crippen LogP contribution in [0.3, 0.4) is 0 Å². The lowest BCUT2D eigenvalue weighted by Crippen LogP contribution is -2.03. The Balaban J connectivity index is 1.71. The molecule has 0 saturated carbocycles. The normalized spacial score (nSPS) is 11.3. The highest BCUT2D eigenvalue weighted by molar-refractivity contribution is 7.98. The molecule has 32 heavy (non-hydrogen) atoms. The van der Waals surface area contributed by atoms with Gasteiger partial charge in [0.15, 0.2) is 0 Å². The first-order valence-electron chi connectivity index (χ1n) is 10.4. The number of aliphatic imine (C=N–C) groups is 1. The average molecular weight is 440 g/mol. The summed E-state index contributed by atoms with van der Waals surface area (Å²) in [6, 6.07) is 32.3. The van der Waals surface area contributed by atoms with Crippen LogP contribution in [0.1, 0.15) is 16.7 Å². The van der Waals surface area contributed by atoms with Crippen LogP contribution in [0, 0.1) is 6.92 Å². The summed E-state index contributed by atoms with van der Waals surface area (Å²) in [5, 5.41) is 0. The maximum atomic E-state index is 6.02. The molecule has 0 heterocycles. The molecule has 0 saturated heterocycles. The van der Waals surface area contributed by atoms with Crippen LogP contribution in [0.15, 0.2) is 107 Å². The standard InChI is InChI=1S/C28H25NO2S/c1-20-7-6-8-25(19-20)31-24-17-13-22(14-18-24)28(21-11-15-23(30-2)16-12-21)29-26-9-4-5-10-27(26)32-3/h4-19H,1-3H3. The van der Waals surface area contributed by atoms with E-state index in [0.29, 0.717) is 0 Å². The number of methoxy groups -OCH3 is 1. The molecule has 0 aliphatic carbocycles. The smallest absolute Gasteiger partial charge is 0.127 e. The molecule has 3 nitrogen and oxygen atoms in total. The van der Waals surface area contributed by atoms with Gasteiger partial charge in [0.25, 0.3) is 0 Å². The van der Waals surface area contributed by atoms with Crippen LogP contribution >= 0.6 is 11.8 Å². The van der Waals surface area contributed by atoms with Gasteiger partial charge in [0.1, 0.15) is 17.2 Å². The number of benzene rings is 4. The SMILES string of the molecule is COc1ccc(C(=Nc2ccccc2SC)c2ccc(Oc3cccc(C)c3)cc2)cc1. The number of ether oxygens (including phenoxy) is 2. The molecule has 0 bridgehead atoms. The van der Waals surface area contributed by atoms with Crippen molar-refractivity contribution < 1.29 is 9.47 Å². The van der Waals surface area contributed by atoms with E-state index in [1.807, 2.05) is 72.8 Å². The first kappa shape index (κ1) is 21.7. The molecule has 0 unspecified atom stereocenters. The van der Waals surface area contributed by atoms with E-state index in [4.69, 9.17) is 14.5 Å². The molecule has 0 spiro atoms. The average Bonchev–Trinajstić information content (AvgIpc) is 2.83. The highest BCUT2D eigenvalue weighted by Crippen LogP contribution is 2.30. The number of nitrogens with zero attached hydrogens (tertiary/aromatic N) is 1. The second-order valence-electron chi connectivity index (χ2n) is 7.30. The van der Waals surface area contributed by atoms with Gasteiger partial charge in [-0.25, -0.2) is 4.99 Å². The molecular weight excluding hydrogens is 414 g/mol. The van der Waals surface area contributed by atoms with E-state index in [9.17, 15) is 0 Å². The molecule has 0 aliphatic heterocycles. The number of rotatable bonds is 7.